The molecule has 0 radical (unpaired) electrons. The molecule has 2 aliphatic heterocycles. The van der Waals surface area contributed by atoms with Gasteiger partial charge in [0.25, 0.3) is 0 Å². The van der Waals surface area contributed by atoms with E-state index in [1.807, 2.05) is 10.3 Å². The third-order valence-corrected chi connectivity index (χ3v) is 6.99. The SMILES string of the molecule is C=C1CC(n2c(C)nc3c2CCN(C(C)=O)C3)CN1CCC(NC=O)c1ccsc1. The number of thiophene rings is 1. The first kappa shape index (κ1) is 20.7. The van der Waals surface area contributed by atoms with Gasteiger partial charge in [0.05, 0.1) is 24.3 Å². The van der Waals surface area contributed by atoms with Gasteiger partial charge < -0.3 is 19.7 Å². The minimum absolute atomic E-state index is 0.0286. The third-order valence-electron chi connectivity index (χ3n) is 6.29. The van der Waals surface area contributed by atoms with Crippen LogP contribution in [0.25, 0.3) is 0 Å². The van der Waals surface area contributed by atoms with Gasteiger partial charge in [0.2, 0.25) is 12.3 Å². The van der Waals surface area contributed by atoms with Crippen LogP contribution in [0.15, 0.2) is 29.1 Å². The maximum Gasteiger partial charge on any atom is 0.219 e. The number of carbonyl (C=O) groups excluding carboxylic acids is 2. The van der Waals surface area contributed by atoms with Crippen molar-refractivity contribution in [2.24, 2.45) is 0 Å². The zero-order chi connectivity index (χ0) is 21.3. The van der Waals surface area contributed by atoms with Crippen molar-refractivity contribution in [3.63, 3.8) is 0 Å². The molecule has 2 amide bonds. The highest BCUT2D eigenvalue weighted by molar-refractivity contribution is 7.07. The number of aryl methyl sites for hydroxylation is 1. The Morgan fingerprint density at radius 3 is 3.03 bits per heavy atom. The van der Waals surface area contributed by atoms with Crippen molar-refractivity contribution in [3.05, 3.63) is 51.9 Å². The summed E-state index contributed by atoms with van der Waals surface area (Å²) in [5.74, 6) is 1.13. The molecule has 2 aliphatic rings. The number of nitrogens with zero attached hydrogens (tertiary/aromatic N) is 4. The third kappa shape index (κ3) is 4.01. The fraction of sp³-hybridized carbons (Fsp3) is 0.500. The molecule has 7 nitrogen and oxygen atoms in total. The van der Waals surface area contributed by atoms with Crippen molar-refractivity contribution in [3.8, 4) is 0 Å². The molecule has 0 aromatic carbocycles. The Hall–Kier alpha value is -2.61. The van der Waals surface area contributed by atoms with Crippen LogP contribution in [0.4, 0.5) is 0 Å². The zero-order valence-electron chi connectivity index (χ0n) is 17.6. The summed E-state index contributed by atoms with van der Waals surface area (Å²) < 4.78 is 2.37. The molecule has 8 heteroatoms. The summed E-state index contributed by atoms with van der Waals surface area (Å²) in [4.78, 5) is 31.8. The molecular formula is C22H29N5O2S. The predicted molar refractivity (Wildman–Crippen MR) is 117 cm³/mol. The van der Waals surface area contributed by atoms with E-state index in [1.54, 1.807) is 18.3 Å². The van der Waals surface area contributed by atoms with Crippen LogP contribution < -0.4 is 5.32 Å². The largest absolute Gasteiger partial charge is 0.373 e. The maximum atomic E-state index is 11.7. The van der Waals surface area contributed by atoms with Crippen LogP contribution in [-0.2, 0) is 22.6 Å². The minimum atomic E-state index is 0.0286. The van der Waals surface area contributed by atoms with E-state index in [0.29, 0.717) is 12.6 Å². The second kappa shape index (κ2) is 8.63. The molecule has 0 bridgehead atoms. The molecule has 4 rings (SSSR count). The van der Waals surface area contributed by atoms with Crippen LogP contribution in [0.3, 0.4) is 0 Å². The highest BCUT2D eigenvalue weighted by atomic mass is 32.1. The molecule has 2 unspecified atom stereocenters. The van der Waals surface area contributed by atoms with Crippen molar-refractivity contribution in [1.82, 2.24) is 24.7 Å². The number of likely N-dealkylation sites (tertiary alicyclic amines) is 1. The van der Waals surface area contributed by atoms with Crippen LogP contribution in [0.2, 0.25) is 0 Å². The number of fused-ring (bicyclic) bond motifs is 1. The monoisotopic (exact) mass is 427 g/mol. The molecule has 4 heterocycles. The Kier molecular flexibility index (Phi) is 5.94. The van der Waals surface area contributed by atoms with Gasteiger partial charge in [0.15, 0.2) is 0 Å². The van der Waals surface area contributed by atoms with Crippen LogP contribution in [0.5, 0.6) is 0 Å². The molecule has 1 saturated heterocycles. The summed E-state index contributed by atoms with van der Waals surface area (Å²) in [7, 11) is 0. The summed E-state index contributed by atoms with van der Waals surface area (Å²) in [6, 6.07) is 2.41. The summed E-state index contributed by atoms with van der Waals surface area (Å²) in [5.41, 5.74) is 4.59. The number of allylic oxidation sites excluding steroid dienone is 1. The van der Waals surface area contributed by atoms with E-state index in [9.17, 15) is 9.59 Å². The first-order valence-electron chi connectivity index (χ1n) is 10.4. The topological polar surface area (TPSA) is 70.5 Å². The predicted octanol–water partition coefficient (Wildman–Crippen LogP) is 2.80. The average Bonchev–Trinajstić information content (AvgIpc) is 3.43. The van der Waals surface area contributed by atoms with Crippen molar-refractivity contribution in [1.29, 1.82) is 0 Å². The highest BCUT2D eigenvalue weighted by Crippen LogP contribution is 2.34. The minimum Gasteiger partial charge on any atom is -0.373 e. The molecule has 0 saturated carbocycles. The molecule has 2 aromatic rings. The second-order valence-corrected chi connectivity index (χ2v) is 8.95. The van der Waals surface area contributed by atoms with Gasteiger partial charge in [-0.2, -0.15) is 11.3 Å². The first-order chi connectivity index (χ1) is 14.5. The van der Waals surface area contributed by atoms with Gasteiger partial charge in [-0.3, -0.25) is 9.59 Å². The Bertz CT molecular complexity index is 936. The van der Waals surface area contributed by atoms with Gasteiger partial charge >= 0.3 is 0 Å². The van der Waals surface area contributed by atoms with Crippen LogP contribution >= 0.6 is 11.3 Å². The highest BCUT2D eigenvalue weighted by Gasteiger charge is 2.32. The van der Waals surface area contributed by atoms with E-state index >= 15 is 0 Å². The quantitative estimate of drug-likeness (QED) is 0.690. The second-order valence-electron chi connectivity index (χ2n) is 8.17. The van der Waals surface area contributed by atoms with E-state index in [1.165, 1.54) is 5.69 Å². The van der Waals surface area contributed by atoms with Gasteiger partial charge in [-0.1, -0.05) is 6.58 Å². The number of carbonyl (C=O) groups is 2. The standard InChI is InChI=1S/C22H29N5O2S/c1-15-10-19(11-25(15)7-4-20(23-14-28)18-6-9-30-13-18)27-16(2)24-21-12-26(17(3)29)8-5-22(21)27/h6,9,13-14,19-20H,1,4-5,7-8,10-12H2,2-3H3,(H,23,28). The fourth-order valence-corrected chi connectivity index (χ4v) is 5.47. The molecule has 1 fully saturated rings. The summed E-state index contributed by atoms with van der Waals surface area (Å²) in [6.45, 7) is 11.1. The number of imidazole rings is 1. The molecule has 2 atom stereocenters. The Labute approximate surface area is 181 Å². The van der Waals surface area contributed by atoms with E-state index in [-0.39, 0.29) is 11.9 Å². The van der Waals surface area contributed by atoms with Crippen molar-refractivity contribution < 1.29 is 9.59 Å². The number of hydrogen-bond acceptors (Lipinski definition) is 5. The fourth-order valence-electron chi connectivity index (χ4n) is 4.75. The van der Waals surface area contributed by atoms with Crippen LogP contribution in [-0.4, -0.2) is 51.3 Å². The smallest absolute Gasteiger partial charge is 0.219 e. The lowest BCUT2D eigenvalue weighted by atomic mass is 10.1. The molecule has 0 spiro atoms. The lowest BCUT2D eigenvalue weighted by Crippen LogP contribution is -2.35. The number of amides is 2. The van der Waals surface area contributed by atoms with Gasteiger partial charge in [-0.15, -0.1) is 0 Å². The Balaban J connectivity index is 1.44. The molecular weight excluding hydrogens is 398 g/mol. The summed E-state index contributed by atoms with van der Waals surface area (Å²) >= 11 is 1.65. The number of rotatable bonds is 7. The average molecular weight is 428 g/mol. The van der Waals surface area contributed by atoms with Gasteiger partial charge in [0.1, 0.15) is 5.82 Å². The maximum absolute atomic E-state index is 11.7. The zero-order valence-corrected chi connectivity index (χ0v) is 18.5. The van der Waals surface area contributed by atoms with E-state index in [4.69, 9.17) is 4.98 Å². The van der Waals surface area contributed by atoms with Crippen molar-refractivity contribution in [2.75, 3.05) is 19.6 Å². The van der Waals surface area contributed by atoms with Crippen LogP contribution in [0.1, 0.15) is 54.6 Å². The summed E-state index contributed by atoms with van der Waals surface area (Å²) in [5, 5.41) is 7.08. The normalized spacial score (nSPS) is 19.7. The number of aromatic nitrogens is 2. The van der Waals surface area contributed by atoms with Gasteiger partial charge in [0, 0.05) is 50.8 Å². The Morgan fingerprint density at radius 2 is 2.33 bits per heavy atom. The number of nitrogens with one attached hydrogen (secondary N) is 1. The molecule has 160 valence electrons. The van der Waals surface area contributed by atoms with E-state index in [2.05, 4.69) is 39.7 Å². The van der Waals surface area contributed by atoms with Crippen molar-refractivity contribution in [2.45, 2.75) is 51.7 Å². The molecule has 0 aliphatic carbocycles. The van der Waals surface area contributed by atoms with Crippen molar-refractivity contribution >= 4 is 23.7 Å². The summed E-state index contributed by atoms with van der Waals surface area (Å²) in [6.07, 6.45) is 3.39. The number of hydrogen-bond donors (Lipinski definition) is 1. The lowest BCUT2D eigenvalue weighted by molar-refractivity contribution is -0.129. The molecule has 2 aromatic heterocycles. The van der Waals surface area contributed by atoms with Gasteiger partial charge in [-0.25, -0.2) is 4.98 Å². The molecule has 30 heavy (non-hydrogen) atoms. The van der Waals surface area contributed by atoms with Crippen LogP contribution in [0, 0.1) is 6.92 Å². The van der Waals surface area contributed by atoms with E-state index in [0.717, 1.165) is 68.1 Å². The van der Waals surface area contributed by atoms with Gasteiger partial charge in [-0.05, 0) is 35.7 Å². The first-order valence-corrected chi connectivity index (χ1v) is 11.4. The van der Waals surface area contributed by atoms with E-state index < -0.39 is 0 Å². The molecule has 1 N–H and O–H groups in total. The Morgan fingerprint density at radius 1 is 1.50 bits per heavy atom. The lowest BCUT2D eigenvalue weighted by Gasteiger charge is -2.27.